The lowest BCUT2D eigenvalue weighted by Crippen LogP contribution is -2.24. The van der Waals surface area contributed by atoms with E-state index in [2.05, 4.69) is 17.0 Å². The van der Waals surface area contributed by atoms with Crippen molar-refractivity contribution in [2.75, 3.05) is 0 Å². The molecule has 1 fully saturated rings. The zero-order valence-electron chi connectivity index (χ0n) is 17.7. The van der Waals surface area contributed by atoms with Crippen LogP contribution in [0.25, 0.3) is 11.1 Å². The number of hydrogen-bond acceptors (Lipinski definition) is 4. The van der Waals surface area contributed by atoms with Crippen LogP contribution in [0.15, 0.2) is 54.9 Å². The molecule has 0 aliphatic heterocycles. The Morgan fingerprint density at radius 3 is 2.61 bits per heavy atom. The molecule has 1 N–H and O–H groups in total. The Kier molecular flexibility index (Phi) is 6.26. The molecular weight excluding hydrogens is 390 g/mol. The lowest BCUT2D eigenvalue weighted by atomic mass is 9.78. The molecule has 0 saturated heterocycles. The Morgan fingerprint density at radius 1 is 1.10 bits per heavy atom. The smallest absolute Gasteiger partial charge is 0.336 e. The predicted octanol–water partition coefficient (Wildman–Crippen LogP) is 5.09. The van der Waals surface area contributed by atoms with E-state index < -0.39 is 5.97 Å². The summed E-state index contributed by atoms with van der Waals surface area (Å²) in [6.45, 7) is 2.69. The highest BCUT2D eigenvalue weighted by Gasteiger charge is 2.29. The second-order valence-corrected chi connectivity index (χ2v) is 8.32. The van der Waals surface area contributed by atoms with Gasteiger partial charge in [-0.05, 0) is 41.5 Å². The quantitative estimate of drug-likeness (QED) is 0.541. The van der Waals surface area contributed by atoms with E-state index in [-0.39, 0.29) is 17.3 Å². The summed E-state index contributed by atoms with van der Waals surface area (Å²) < 4.78 is 1.69. The minimum atomic E-state index is -0.942. The van der Waals surface area contributed by atoms with Crippen LogP contribution in [0.1, 0.15) is 65.6 Å². The van der Waals surface area contributed by atoms with Crippen LogP contribution < -0.4 is 0 Å². The fraction of sp³-hybridized carbons (Fsp3) is 0.360. The number of aromatic nitrogens is 3. The van der Waals surface area contributed by atoms with Crippen LogP contribution in [0.2, 0.25) is 0 Å². The first kappa shape index (κ1) is 21.0. The third kappa shape index (κ3) is 4.74. The third-order valence-corrected chi connectivity index (χ3v) is 6.25. The van der Waals surface area contributed by atoms with Crippen LogP contribution in [0.4, 0.5) is 0 Å². The Labute approximate surface area is 181 Å². The van der Waals surface area contributed by atoms with Crippen molar-refractivity contribution in [3.05, 3.63) is 71.8 Å². The first-order valence-corrected chi connectivity index (χ1v) is 10.9. The second kappa shape index (κ2) is 9.25. The van der Waals surface area contributed by atoms with Crippen molar-refractivity contribution in [1.82, 2.24) is 14.8 Å². The zero-order valence-corrected chi connectivity index (χ0v) is 17.7. The van der Waals surface area contributed by atoms with Crippen molar-refractivity contribution in [3.63, 3.8) is 0 Å². The minimum absolute atomic E-state index is 0.0446. The van der Waals surface area contributed by atoms with Gasteiger partial charge in [0.05, 0.1) is 12.1 Å². The van der Waals surface area contributed by atoms with Crippen molar-refractivity contribution in [3.8, 4) is 11.1 Å². The van der Waals surface area contributed by atoms with Crippen LogP contribution in [0.5, 0.6) is 0 Å². The van der Waals surface area contributed by atoms with Crippen LogP contribution in [-0.2, 0) is 6.54 Å². The number of aromatic carboxylic acids is 1. The van der Waals surface area contributed by atoms with Gasteiger partial charge in [0.1, 0.15) is 6.33 Å². The van der Waals surface area contributed by atoms with Crippen molar-refractivity contribution in [1.29, 1.82) is 0 Å². The molecule has 1 aliphatic rings. The molecule has 6 nitrogen and oxygen atoms in total. The fourth-order valence-corrected chi connectivity index (χ4v) is 4.46. The van der Waals surface area contributed by atoms with Gasteiger partial charge in [0.15, 0.2) is 0 Å². The number of nitrogens with zero attached hydrogens (tertiary/aromatic N) is 3. The summed E-state index contributed by atoms with van der Waals surface area (Å²) in [5.41, 5.74) is 2.82. The first-order chi connectivity index (χ1) is 15.0. The number of hydrogen-bond donors (Lipinski definition) is 1. The average Bonchev–Trinajstić information content (AvgIpc) is 3.27. The van der Waals surface area contributed by atoms with E-state index in [0.29, 0.717) is 23.9 Å². The number of Topliss-reactive ketones (excluding diaryl/α,β-unsaturated/α-hetero) is 1. The maximum absolute atomic E-state index is 12.8. The molecule has 6 heteroatoms. The molecule has 3 aromatic rings. The summed E-state index contributed by atoms with van der Waals surface area (Å²) in [6, 6.07) is 14.7. The van der Waals surface area contributed by atoms with E-state index >= 15 is 0 Å². The number of benzene rings is 2. The van der Waals surface area contributed by atoms with Gasteiger partial charge < -0.3 is 5.11 Å². The largest absolute Gasteiger partial charge is 0.478 e. The highest BCUT2D eigenvalue weighted by atomic mass is 16.4. The maximum Gasteiger partial charge on any atom is 0.336 e. The number of ketones is 1. The van der Waals surface area contributed by atoms with Gasteiger partial charge in [0.2, 0.25) is 11.6 Å². The molecule has 160 valence electrons. The summed E-state index contributed by atoms with van der Waals surface area (Å²) in [6.07, 6.45) is 6.94. The van der Waals surface area contributed by atoms with Gasteiger partial charge >= 0.3 is 5.97 Å². The molecule has 1 aromatic heterocycles. The van der Waals surface area contributed by atoms with E-state index in [9.17, 15) is 14.7 Å². The van der Waals surface area contributed by atoms with Crippen LogP contribution >= 0.6 is 0 Å². The molecule has 4 rings (SSSR count). The van der Waals surface area contributed by atoms with E-state index in [1.165, 1.54) is 6.42 Å². The third-order valence-electron chi connectivity index (χ3n) is 6.25. The SMILES string of the molecule is CCC1CCCC(C(=O)c2ncn(Cc3ccc(-c4ccccc4C(=O)O)cc3)n2)C1. The van der Waals surface area contributed by atoms with Gasteiger partial charge in [-0.1, -0.05) is 68.7 Å². The highest BCUT2D eigenvalue weighted by molar-refractivity contribution is 5.96. The van der Waals surface area contributed by atoms with Crippen LogP contribution in [0.3, 0.4) is 0 Å². The standard InChI is InChI=1S/C25H27N3O3/c1-2-17-6-5-7-20(14-17)23(29)24-26-16-28(27-24)15-18-10-12-19(13-11-18)21-8-3-4-9-22(21)25(30)31/h3-4,8-13,16-17,20H,2,5-7,14-15H2,1H3,(H,30,31). The number of rotatable bonds is 7. The lowest BCUT2D eigenvalue weighted by molar-refractivity contribution is 0.0697. The fourth-order valence-electron chi connectivity index (χ4n) is 4.46. The van der Waals surface area contributed by atoms with Crippen LogP contribution in [-0.4, -0.2) is 31.6 Å². The topological polar surface area (TPSA) is 85.1 Å². The Morgan fingerprint density at radius 2 is 1.87 bits per heavy atom. The molecule has 0 spiro atoms. The molecule has 31 heavy (non-hydrogen) atoms. The second-order valence-electron chi connectivity index (χ2n) is 8.32. The summed E-state index contributed by atoms with van der Waals surface area (Å²) in [5, 5.41) is 13.8. The predicted molar refractivity (Wildman–Crippen MR) is 118 cm³/mol. The molecule has 2 atom stereocenters. The van der Waals surface area contributed by atoms with Gasteiger partial charge in [0.25, 0.3) is 0 Å². The number of carbonyl (C=O) groups is 2. The molecule has 1 heterocycles. The molecule has 2 aromatic carbocycles. The Bertz CT molecular complexity index is 1070. The van der Waals surface area contributed by atoms with Gasteiger partial charge in [-0.2, -0.15) is 0 Å². The molecule has 2 unspecified atom stereocenters. The van der Waals surface area contributed by atoms with Gasteiger partial charge in [-0.3, -0.25) is 4.79 Å². The molecule has 1 saturated carbocycles. The van der Waals surface area contributed by atoms with Crippen molar-refractivity contribution in [2.45, 2.75) is 45.6 Å². The van der Waals surface area contributed by atoms with Gasteiger partial charge in [-0.25, -0.2) is 14.5 Å². The summed E-state index contributed by atoms with van der Waals surface area (Å²) in [5.74, 6) is 0.117. The molecule has 0 bridgehead atoms. The molecular formula is C25H27N3O3. The average molecular weight is 418 g/mol. The highest BCUT2D eigenvalue weighted by Crippen LogP contribution is 2.32. The summed E-state index contributed by atoms with van der Waals surface area (Å²) >= 11 is 0. The summed E-state index contributed by atoms with van der Waals surface area (Å²) in [4.78, 5) is 28.6. The van der Waals surface area contributed by atoms with Crippen molar-refractivity contribution >= 4 is 11.8 Å². The number of carboxylic acid groups (broad SMARTS) is 1. The summed E-state index contributed by atoms with van der Waals surface area (Å²) in [7, 11) is 0. The minimum Gasteiger partial charge on any atom is -0.478 e. The van der Waals surface area contributed by atoms with Crippen molar-refractivity contribution in [2.24, 2.45) is 11.8 Å². The number of carbonyl (C=O) groups excluding carboxylic acids is 1. The van der Waals surface area contributed by atoms with Crippen molar-refractivity contribution < 1.29 is 14.7 Å². The monoisotopic (exact) mass is 417 g/mol. The van der Waals surface area contributed by atoms with Gasteiger partial charge in [-0.15, -0.1) is 5.10 Å². The lowest BCUT2D eigenvalue weighted by Gasteiger charge is -2.26. The zero-order chi connectivity index (χ0) is 21.8. The normalized spacial score (nSPS) is 18.6. The van der Waals surface area contributed by atoms with E-state index in [1.54, 1.807) is 23.1 Å². The Hall–Kier alpha value is -3.28. The first-order valence-electron chi connectivity index (χ1n) is 10.9. The molecule has 0 amide bonds. The Balaban J connectivity index is 1.44. The molecule has 1 aliphatic carbocycles. The molecule has 0 radical (unpaired) electrons. The van der Waals surface area contributed by atoms with Crippen LogP contribution in [0, 0.1) is 11.8 Å². The van der Waals surface area contributed by atoms with E-state index in [0.717, 1.165) is 36.8 Å². The van der Waals surface area contributed by atoms with Gasteiger partial charge in [0, 0.05) is 5.92 Å². The number of carboxylic acids is 1. The maximum atomic E-state index is 12.8. The van der Waals surface area contributed by atoms with E-state index in [4.69, 9.17) is 0 Å². The van der Waals surface area contributed by atoms with E-state index in [1.807, 2.05) is 36.4 Å².